The van der Waals surface area contributed by atoms with Gasteiger partial charge in [-0.3, -0.25) is 9.59 Å². The summed E-state index contributed by atoms with van der Waals surface area (Å²) in [7, 11) is 0. The summed E-state index contributed by atoms with van der Waals surface area (Å²) in [6.07, 6.45) is 2.16. The quantitative estimate of drug-likeness (QED) is 0.789. The molecule has 1 aliphatic rings. The normalized spacial score (nSPS) is 14.2. The van der Waals surface area contributed by atoms with Crippen LogP contribution in [0.4, 0.5) is 5.82 Å². The van der Waals surface area contributed by atoms with E-state index in [2.05, 4.69) is 15.3 Å². The Morgan fingerprint density at radius 1 is 1.53 bits per heavy atom. The van der Waals surface area contributed by atoms with E-state index in [-0.39, 0.29) is 18.0 Å². The first-order valence-electron chi connectivity index (χ1n) is 6.77. The molecule has 19 heavy (non-hydrogen) atoms. The number of nitrogens with zero attached hydrogens (tertiary/aromatic N) is 2. The van der Waals surface area contributed by atoms with E-state index in [4.69, 9.17) is 0 Å². The molecule has 1 aromatic rings. The number of hydrogen-bond acceptors (Lipinski definition) is 4. The van der Waals surface area contributed by atoms with Crippen LogP contribution in [0.3, 0.4) is 0 Å². The number of carbonyl (C=O) groups is 1. The fourth-order valence-electron chi connectivity index (χ4n) is 1.96. The smallest absolute Gasteiger partial charge is 0.252 e. The first-order valence-corrected chi connectivity index (χ1v) is 6.77. The van der Waals surface area contributed by atoms with Gasteiger partial charge >= 0.3 is 0 Å². The largest absolute Gasteiger partial charge is 0.355 e. The number of carbonyl (C=O) groups excluding carboxylic acids is 1. The Morgan fingerprint density at radius 2 is 2.26 bits per heavy atom. The summed E-state index contributed by atoms with van der Waals surface area (Å²) >= 11 is 0. The monoisotopic (exact) mass is 264 g/mol. The molecule has 0 bridgehead atoms. The minimum atomic E-state index is -0.152. The predicted octanol–water partition coefficient (Wildman–Crippen LogP) is 0.610. The molecule has 0 atom stereocenters. The van der Waals surface area contributed by atoms with Crippen LogP contribution in [-0.4, -0.2) is 35.5 Å². The van der Waals surface area contributed by atoms with Crippen LogP contribution in [-0.2, 0) is 4.79 Å². The maximum atomic E-state index is 11.7. The first-order chi connectivity index (χ1) is 9.13. The molecule has 0 saturated heterocycles. The van der Waals surface area contributed by atoms with E-state index in [0.29, 0.717) is 24.8 Å². The molecule has 1 amide bonds. The highest BCUT2D eigenvalue weighted by Gasteiger charge is 2.27. The molecule has 2 rings (SSSR count). The van der Waals surface area contributed by atoms with Crippen molar-refractivity contribution in [1.82, 2.24) is 15.3 Å². The summed E-state index contributed by atoms with van der Waals surface area (Å²) in [4.78, 5) is 32.3. The number of anilines is 1. The Labute approximate surface area is 112 Å². The van der Waals surface area contributed by atoms with Crippen LogP contribution in [0, 0.1) is 0 Å². The lowest BCUT2D eigenvalue weighted by Gasteiger charge is -2.21. The van der Waals surface area contributed by atoms with Gasteiger partial charge in [0, 0.05) is 25.1 Å². The number of rotatable bonds is 6. The summed E-state index contributed by atoms with van der Waals surface area (Å²) in [6.45, 7) is 5.29. The van der Waals surface area contributed by atoms with Crippen molar-refractivity contribution in [3.63, 3.8) is 0 Å². The fourth-order valence-corrected chi connectivity index (χ4v) is 1.96. The second-order valence-corrected chi connectivity index (χ2v) is 4.73. The molecule has 104 valence electrons. The third-order valence-electron chi connectivity index (χ3n) is 3.12. The summed E-state index contributed by atoms with van der Waals surface area (Å²) in [5.74, 6) is 1.66. The summed E-state index contributed by atoms with van der Waals surface area (Å²) < 4.78 is 0. The van der Waals surface area contributed by atoms with Crippen molar-refractivity contribution in [1.29, 1.82) is 0 Å². The van der Waals surface area contributed by atoms with Crippen molar-refractivity contribution in [2.75, 3.05) is 24.5 Å². The molecule has 1 aliphatic carbocycles. The van der Waals surface area contributed by atoms with Crippen LogP contribution in [0.15, 0.2) is 10.9 Å². The van der Waals surface area contributed by atoms with Crippen LogP contribution >= 0.6 is 0 Å². The number of hydrogen-bond donors (Lipinski definition) is 2. The van der Waals surface area contributed by atoms with Crippen molar-refractivity contribution in [2.24, 2.45) is 0 Å². The van der Waals surface area contributed by atoms with Gasteiger partial charge in [0.25, 0.3) is 5.56 Å². The molecule has 0 radical (unpaired) electrons. The number of nitrogens with one attached hydrogen (secondary N) is 2. The van der Waals surface area contributed by atoms with Crippen molar-refractivity contribution < 1.29 is 4.79 Å². The molecule has 1 fully saturated rings. The topological polar surface area (TPSA) is 78.1 Å². The molecule has 6 nitrogen and oxygen atoms in total. The van der Waals surface area contributed by atoms with Gasteiger partial charge in [0.1, 0.15) is 11.6 Å². The van der Waals surface area contributed by atoms with Gasteiger partial charge in [-0.2, -0.15) is 0 Å². The minimum Gasteiger partial charge on any atom is -0.355 e. The molecular weight excluding hydrogens is 244 g/mol. The second-order valence-electron chi connectivity index (χ2n) is 4.73. The second kappa shape index (κ2) is 5.86. The van der Waals surface area contributed by atoms with Crippen LogP contribution in [0.5, 0.6) is 0 Å². The Bertz CT molecular complexity index is 508. The van der Waals surface area contributed by atoms with Gasteiger partial charge in [-0.1, -0.05) is 0 Å². The first kappa shape index (κ1) is 13.6. The zero-order chi connectivity index (χ0) is 13.8. The number of likely N-dealkylation sites (N-methyl/N-ethyl adjacent to an activating group) is 2. The number of amides is 1. The van der Waals surface area contributed by atoms with Gasteiger partial charge in [-0.05, 0) is 26.7 Å². The third kappa shape index (κ3) is 3.56. The predicted molar refractivity (Wildman–Crippen MR) is 73.4 cm³/mol. The lowest BCUT2D eigenvalue weighted by molar-refractivity contribution is -0.119. The average Bonchev–Trinajstić information content (AvgIpc) is 3.19. The van der Waals surface area contributed by atoms with Crippen molar-refractivity contribution in [3.05, 3.63) is 22.2 Å². The number of aromatic amines is 1. The van der Waals surface area contributed by atoms with Crippen molar-refractivity contribution >= 4 is 11.7 Å². The van der Waals surface area contributed by atoms with Crippen LogP contribution in [0.1, 0.15) is 38.4 Å². The molecular formula is C13H20N4O2. The van der Waals surface area contributed by atoms with E-state index in [9.17, 15) is 9.59 Å². The van der Waals surface area contributed by atoms with E-state index in [0.717, 1.165) is 18.7 Å². The molecule has 0 aromatic carbocycles. The highest BCUT2D eigenvalue weighted by molar-refractivity contribution is 5.80. The maximum Gasteiger partial charge on any atom is 0.252 e. The Hall–Kier alpha value is -1.85. The van der Waals surface area contributed by atoms with E-state index in [1.807, 2.05) is 18.7 Å². The van der Waals surface area contributed by atoms with Crippen LogP contribution in [0.25, 0.3) is 0 Å². The summed E-state index contributed by atoms with van der Waals surface area (Å²) in [6, 6.07) is 1.45. The standard InChI is InChI=1S/C13H20N4O2/c1-3-14-12(19)8-17(4-2)10-7-11(18)16-13(15-10)9-5-6-9/h7,9H,3-6,8H2,1-2H3,(H,14,19)(H,15,16,18). The zero-order valence-corrected chi connectivity index (χ0v) is 11.4. The highest BCUT2D eigenvalue weighted by Crippen LogP contribution is 2.37. The van der Waals surface area contributed by atoms with E-state index in [1.165, 1.54) is 6.07 Å². The van der Waals surface area contributed by atoms with E-state index in [1.54, 1.807) is 0 Å². The van der Waals surface area contributed by atoms with Gasteiger partial charge in [-0.25, -0.2) is 4.98 Å². The SMILES string of the molecule is CCNC(=O)CN(CC)c1cc(=O)[nH]c(C2CC2)n1. The average molecular weight is 264 g/mol. The Morgan fingerprint density at radius 3 is 2.84 bits per heavy atom. The fraction of sp³-hybridized carbons (Fsp3) is 0.615. The summed E-state index contributed by atoms with van der Waals surface area (Å²) in [5.41, 5.74) is -0.152. The lowest BCUT2D eigenvalue weighted by Crippen LogP contribution is -2.38. The molecule has 6 heteroatoms. The maximum absolute atomic E-state index is 11.7. The van der Waals surface area contributed by atoms with Crippen molar-refractivity contribution in [3.8, 4) is 0 Å². The van der Waals surface area contributed by atoms with Crippen molar-refractivity contribution in [2.45, 2.75) is 32.6 Å². The number of H-pyrrole nitrogens is 1. The van der Waals surface area contributed by atoms with Crippen LogP contribution < -0.4 is 15.8 Å². The molecule has 0 spiro atoms. The minimum absolute atomic E-state index is 0.0561. The Balaban J connectivity index is 2.17. The molecule has 2 N–H and O–H groups in total. The van der Waals surface area contributed by atoms with Gasteiger partial charge in [-0.15, -0.1) is 0 Å². The molecule has 1 aromatic heterocycles. The van der Waals surface area contributed by atoms with Gasteiger partial charge < -0.3 is 15.2 Å². The molecule has 0 unspecified atom stereocenters. The van der Waals surface area contributed by atoms with Gasteiger partial charge in [0.05, 0.1) is 6.54 Å². The summed E-state index contributed by atoms with van der Waals surface area (Å²) in [5, 5.41) is 2.75. The zero-order valence-electron chi connectivity index (χ0n) is 11.4. The van der Waals surface area contributed by atoms with Gasteiger partial charge in [0.15, 0.2) is 0 Å². The van der Waals surface area contributed by atoms with E-state index >= 15 is 0 Å². The van der Waals surface area contributed by atoms with Crippen LogP contribution in [0.2, 0.25) is 0 Å². The Kier molecular flexibility index (Phi) is 4.19. The lowest BCUT2D eigenvalue weighted by atomic mass is 10.3. The van der Waals surface area contributed by atoms with Gasteiger partial charge in [0.2, 0.25) is 5.91 Å². The third-order valence-corrected chi connectivity index (χ3v) is 3.12. The number of aromatic nitrogens is 2. The molecule has 1 saturated carbocycles. The van der Waals surface area contributed by atoms with E-state index < -0.39 is 0 Å². The molecule has 0 aliphatic heterocycles. The molecule has 1 heterocycles. The highest BCUT2D eigenvalue weighted by atomic mass is 16.2.